The van der Waals surface area contributed by atoms with Gasteiger partial charge in [-0.25, -0.2) is 4.79 Å². The maximum absolute atomic E-state index is 13.2. The number of cyclic esters (lactones) is 1. The van der Waals surface area contributed by atoms with Crippen LogP contribution in [0.1, 0.15) is 72.5 Å². The van der Waals surface area contributed by atoms with Crippen molar-refractivity contribution in [3.8, 4) is 0 Å². The van der Waals surface area contributed by atoms with Gasteiger partial charge >= 0.3 is 11.9 Å². The minimum atomic E-state index is -0.853. The average Bonchev–Trinajstić information content (AvgIpc) is 3.35. The van der Waals surface area contributed by atoms with Crippen molar-refractivity contribution in [3.63, 3.8) is 0 Å². The van der Waals surface area contributed by atoms with Crippen LogP contribution in [0.4, 0.5) is 0 Å². The molecule has 0 aromatic carbocycles. The molecule has 0 amide bonds. The molecule has 3 heterocycles. The van der Waals surface area contributed by atoms with Crippen LogP contribution in [0.15, 0.2) is 35.2 Å². The summed E-state index contributed by atoms with van der Waals surface area (Å²) in [4.78, 5) is 38.6. The maximum Gasteiger partial charge on any atom is 0.339 e. The van der Waals surface area contributed by atoms with Gasteiger partial charge in [-0.15, -0.1) is 0 Å². The predicted octanol–water partition coefficient (Wildman–Crippen LogP) is 4.56. The summed E-state index contributed by atoms with van der Waals surface area (Å²) in [5, 5.41) is 0. The van der Waals surface area contributed by atoms with E-state index >= 15 is 0 Å². The number of ketones is 1. The second kappa shape index (κ2) is 6.67. The molecule has 9 atom stereocenters. The number of hydrogen-bond donors (Lipinski definition) is 0. The van der Waals surface area contributed by atoms with E-state index in [0.717, 1.165) is 18.4 Å². The van der Waals surface area contributed by atoms with Gasteiger partial charge < -0.3 is 18.6 Å². The third kappa shape index (κ3) is 2.48. The summed E-state index contributed by atoms with van der Waals surface area (Å²) in [7, 11) is 0. The maximum atomic E-state index is 13.2. The lowest BCUT2D eigenvalue weighted by molar-refractivity contribution is -0.251. The van der Waals surface area contributed by atoms with Gasteiger partial charge in [0.25, 0.3) is 0 Å². The molecule has 7 heteroatoms. The summed E-state index contributed by atoms with van der Waals surface area (Å²) >= 11 is 0. The summed E-state index contributed by atoms with van der Waals surface area (Å²) in [5.74, 6) is -0.603. The van der Waals surface area contributed by atoms with E-state index in [0.29, 0.717) is 6.42 Å². The zero-order valence-electron chi connectivity index (χ0n) is 21.3. The molecule has 1 aromatic rings. The van der Waals surface area contributed by atoms with Crippen LogP contribution in [0.3, 0.4) is 0 Å². The van der Waals surface area contributed by atoms with Crippen molar-refractivity contribution in [2.24, 2.45) is 33.5 Å². The van der Waals surface area contributed by atoms with Gasteiger partial charge in [-0.05, 0) is 48.7 Å². The van der Waals surface area contributed by atoms with Crippen LogP contribution in [0, 0.1) is 33.5 Å². The lowest BCUT2D eigenvalue weighted by atomic mass is 9.35. The highest BCUT2D eigenvalue weighted by atomic mass is 16.7. The van der Waals surface area contributed by atoms with Gasteiger partial charge in [0.1, 0.15) is 17.8 Å². The SMILES string of the molecule is CC(=O)OC1C[C@H]2C(C)(C)C(=O)C=C[C@]2(C)[C@H]2CC[C@@]3(C)[C@H](c4ccoc4)OC(=O)[C@H]4O[C@]43[C@]12C. The Bertz CT molecular complexity index is 1150. The number of hydrogen-bond acceptors (Lipinski definition) is 7. The van der Waals surface area contributed by atoms with E-state index in [4.69, 9.17) is 18.6 Å². The van der Waals surface area contributed by atoms with Crippen molar-refractivity contribution < 1.29 is 33.0 Å². The Morgan fingerprint density at radius 3 is 2.49 bits per heavy atom. The first-order chi connectivity index (χ1) is 16.3. The lowest BCUT2D eigenvalue weighted by Gasteiger charge is -2.68. The number of allylic oxidation sites excluding steroid dienone is 2. The minimum Gasteiger partial charge on any atom is -0.472 e. The Kier molecular flexibility index (Phi) is 4.38. The van der Waals surface area contributed by atoms with E-state index in [2.05, 4.69) is 26.8 Å². The molecule has 2 aliphatic heterocycles. The molecule has 3 aliphatic carbocycles. The molecule has 0 N–H and O–H groups in total. The Morgan fingerprint density at radius 2 is 1.83 bits per heavy atom. The largest absolute Gasteiger partial charge is 0.472 e. The van der Waals surface area contributed by atoms with Crippen molar-refractivity contribution in [2.75, 3.05) is 0 Å². The molecule has 1 aromatic heterocycles. The molecule has 2 saturated carbocycles. The van der Waals surface area contributed by atoms with Crippen LogP contribution < -0.4 is 0 Å². The summed E-state index contributed by atoms with van der Waals surface area (Å²) in [6, 6.07) is 1.84. The van der Waals surface area contributed by atoms with Crippen molar-refractivity contribution >= 4 is 17.7 Å². The number of furan rings is 1. The second-order valence-electron chi connectivity index (χ2n) is 12.6. The zero-order chi connectivity index (χ0) is 25.2. The van der Waals surface area contributed by atoms with E-state index in [1.807, 2.05) is 19.9 Å². The van der Waals surface area contributed by atoms with E-state index in [-0.39, 0.29) is 35.0 Å². The van der Waals surface area contributed by atoms with Crippen LogP contribution in [0.25, 0.3) is 0 Å². The standard InChI is InChI=1S/C28H34O7/c1-15(29)33-20-13-18-24(2,3)19(30)8-10-25(18,4)17-7-11-26(5)21(16-9-12-32-14-16)34-23(31)22-28(26,35-22)27(17,20)6/h8-10,12,14,17-18,20-22H,7,11,13H2,1-6H3/t17-,18+,20?,21+,22-,25-,26+,27+,28-/m1/s1. The van der Waals surface area contributed by atoms with Gasteiger partial charge in [-0.3, -0.25) is 9.59 Å². The number of carbonyl (C=O) groups is 3. The van der Waals surface area contributed by atoms with Gasteiger partial charge in [0.15, 0.2) is 11.9 Å². The van der Waals surface area contributed by atoms with Crippen molar-refractivity contribution in [1.29, 1.82) is 0 Å². The zero-order valence-corrected chi connectivity index (χ0v) is 21.3. The van der Waals surface area contributed by atoms with E-state index in [1.54, 1.807) is 18.6 Å². The number of rotatable bonds is 2. The fourth-order valence-electron chi connectivity index (χ4n) is 9.20. The van der Waals surface area contributed by atoms with Crippen molar-refractivity contribution in [2.45, 2.75) is 84.7 Å². The molecule has 2 saturated heterocycles. The monoisotopic (exact) mass is 482 g/mol. The van der Waals surface area contributed by atoms with Crippen LogP contribution in [-0.4, -0.2) is 35.5 Å². The smallest absolute Gasteiger partial charge is 0.339 e. The predicted molar refractivity (Wildman–Crippen MR) is 124 cm³/mol. The van der Waals surface area contributed by atoms with E-state index in [1.165, 1.54) is 6.92 Å². The topological polar surface area (TPSA) is 95.3 Å². The first-order valence-electron chi connectivity index (χ1n) is 12.7. The average molecular weight is 483 g/mol. The molecule has 0 bridgehead atoms. The summed E-state index contributed by atoms with van der Waals surface area (Å²) < 4.78 is 24.0. The summed E-state index contributed by atoms with van der Waals surface area (Å²) in [6.45, 7) is 12.0. The van der Waals surface area contributed by atoms with Gasteiger partial charge in [-0.1, -0.05) is 40.7 Å². The number of esters is 2. The highest BCUT2D eigenvalue weighted by Gasteiger charge is 2.88. The Morgan fingerprint density at radius 1 is 1.09 bits per heavy atom. The normalized spacial score (nSPS) is 49.1. The molecule has 4 fully saturated rings. The number of ether oxygens (including phenoxy) is 3. The fraction of sp³-hybridized carbons (Fsp3) is 0.679. The van der Waals surface area contributed by atoms with Gasteiger partial charge in [-0.2, -0.15) is 0 Å². The first kappa shape index (κ1) is 23.0. The van der Waals surface area contributed by atoms with E-state index in [9.17, 15) is 14.4 Å². The molecule has 188 valence electrons. The second-order valence-corrected chi connectivity index (χ2v) is 12.6. The summed E-state index contributed by atoms with van der Waals surface area (Å²) in [6.07, 6.45) is 7.46. The lowest BCUT2D eigenvalue weighted by Crippen LogP contribution is -2.72. The number of fused-ring (bicyclic) bond motifs is 3. The summed E-state index contributed by atoms with van der Waals surface area (Å²) in [5.41, 5.74) is -2.15. The number of carbonyl (C=O) groups excluding carboxylic acids is 3. The van der Waals surface area contributed by atoms with E-state index < -0.39 is 40.2 Å². The van der Waals surface area contributed by atoms with Gasteiger partial charge in [0.2, 0.25) is 0 Å². The quantitative estimate of drug-likeness (QED) is 0.450. The fourth-order valence-corrected chi connectivity index (χ4v) is 9.20. The molecule has 5 aliphatic rings. The van der Waals surface area contributed by atoms with Crippen LogP contribution in [0.2, 0.25) is 0 Å². The molecular formula is C28H34O7. The van der Waals surface area contributed by atoms with Crippen LogP contribution in [0.5, 0.6) is 0 Å². The molecule has 6 rings (SSSR count). The van der Waals surface area contributed by atoms with Crippen LogP contribution >= 0.6 is 0 Å². The third-order valence-corrected chi connectivity index (χ3v) is 10.8. The molecule has 1 unspecified atom stereocenters. The molecule has 35 heavy (non-hydrogen) atoms. The third-order valence-electron chi connectivity index (χ3n) is 10.8. The first-order valence-corrected chi connectivity index (χ1v) is 12.7. The van der Waals surface area contributed by atoms with Crippen molar-refractivity contribution in [3.05, 3.63) is 36.3 Å². The Labute approximate surface area is 205 Å². The Balaban J connectivity index is 1.55. The Hall–Kier alpha value is -2.41. The highest BCUT2D eigenvalue weighted by Crippen LogP contribution is 2.79. The molecular weight excluding hydrogens is 448 g/mol. The van der Waals surface area contributed by atoms with Gasteiger partial charge in [0, 0.05) is 28.7 Å². The van der Waals surface area contributed by atoms with Crippen LogP contribution in [-0.2, 0) is 28.6 Å². The molecule has 0 radical (unpaired) electrons. The highest BCUT2D eigenvalue weighted by molar-refractivity contribution is 5.95. The van der Waals surface area contributed by atoms with Crippen molar-refractivity contribution in [1.82, 2.24) is 0 Å². The minimum absolute atomic E-state index is 0.00639. The van der Waals surface area contributed by atoms with Gasteiger partial charge in [0.05, 0.1) is 12.5 Å². The molecule has 1 spiro atoms. The molecule has 7 nitrogen and oxygen atoms in total. The number of epoxide rings is 1.